The van der Waals surface area contributed by atoms with Gasteiger partial charge < -0.3 is 5.73 Å². The maximum Gasteiger partial charge on any atom is 0.239 e. The van der Waals surface area contributed by atoms with E-state index < -0.39 is 0 Å². The van der Waals surface area contributed by atoms with Crippen LogP contribution in [0.1, 0.15) is 29.8 Å². The Morgan fingerprint density at radius 3 is 2.62 bits per heavy atom. The number of benzene rings is 1. The van der Waals surface area contributed by atoms with Gasteiger partial charge in [0.05, 0.1) is 5.41 Å². The van der Waals surface area contributed by atoms with E-state index in [1.54, 1.807) is 0 Å². The van der Waals surface area contributed by atoms with Gasteiger partial charge in [0.2, 0.25) is 5.95 Å². The summed E-state index contributed by atoms with van der Waals surface area (Å²) in [6, 6.07) is 8.43. The maximum absolute atomic E-state index is 5.57. The molecule has 2 aromatic rings. The van der Waals surface area contributed by atoms with Crippen LogP contribution in [0.25, 0.3) is 0 Å². The molecule has 0 aliphatic heterocycles. The first kappa shape index (κ1) is 9.39. The number of nitrogens with one attached hydrogen (secondary N) is 1. The molecule has 1 fully saturated rings. The normalized spacial score (nSPS) is 17.3. The van der Waals surface area contributed by atoms with Crippen molar-refractivity contribution in [2.75, 3.05) is 5.73 Å². The van der Waals surface area contributed by atoms with E-state index in [9.17, 15) is 0 Å². The first-order chi connectivity index (χ1) is 7.72. The van der Waals surface area contributed by atoms with Crippen LogP contribution in [0, 0.1) is 6.92 Å². The van der Waals surface area contributed by atoms with Crippen molar-refractivity contribution in [3.05, 3.63) is 41.2 Å². The molecule has 4 nitrogen and oxygen atoms in total. The predicted molar refractivity (Wildman–Crippen MR) is 62.0 cm³/mol. The number of nitrogens with zero attached hydrogens (tertiary/aromatic N) is 2. The number of aromatic nitrogens is 3. The largest absolute Gasteiger partial charge is 0.367 e. The molecule has 82 valence electrons. The summed E-state index contributed by atoms with van der Waals surface area (Å²) < 4.78 is 0. The number of nitrogen functional groups attached to an aromatic ring is 1. The number of H-pyrrole nitrogens is 1. The topological polar surface area (TPSA) is 67.6 Å². The van der Waals surface area contributed by atoms with E-state index in [0.717, 1.165) is 18.7 Å². The van der Waals surface area contributed by atoms with Crippen LogP contribution < -0.4 is 5.73 Å². The summed E-state index contributed by atoms with van der Waals surface area (Å²) in [6.07, 6.45) is 2.24. The summed E-state index contributed by atoms with van der Waals surface area (Å²) in [5.74, 6) is 1.23. The maximum atomic E-state index is 5.57. The van der Waals surface area contributed by atoms with Crippen molar-refractivity contribution in [1.82, 2.24) is 15.2 Å². The van der Waals surface area contributed by atoms with Gasteiger partial charge >= 0.3 is 0 Å². The summed E-state index contributed by atoms with van der Waals surface area (Å²) in [5.41, 5.74) is 8.24. The average Bonchev–Trinajstić information content (AvgIpc) is 2.96. The third-order valence-electron chi connectivity index (χ3n) is 3.37. The lowest BCUT2D eigenvalue weighted by atomic mass is 9.91. The van der Waals surface area contributed by atoms with Gasteiger partial charge in [-0.3, -0.25) is 5.10 Å². The molecule has 3 N–H and O–H groups in total. The van der Waals surface area contributed by atoms with Crippen LogP contribution >= 0.6 is 0 Å². The van der Waals surface area contributed by atoms with E-state index >= 15 is 0 Å². The molecule has 1 aliphatic carbocycles. The van der Waals surface area contributed by atoms with Crippen molar-refractivity contribution in [2.45, 2.75) is 25.2 Å². The highest BCUT2D eigenvalue weighted by molar-refractivity contribution is 5.44. The minimum atomic E-state index is 0.0377. The van der Waals surface area contributed by atoms with E-state index in [2.05, 4.69) is 46.4 Å². The van der Waals surface area contributed by atoms with Crippen LogP contribution in [0.5, 0.6) is 0 Å². The highest BCUT2D eigenvalue weighted by Gasteiger charge is 2.49. The molecule has 1 aromatic carbocycles. The van der Waals surface area contributed by atoms with Crippen LogP contribution in [0.4, 0.5) is 5.95 Å². The Kier molecular flexibility index (Phi) is 1.80. The van der Waals surface area contributed by atoms with Gasteiger partial charge in [0.1, 0.15) is 5.82 Å². The monoisotopic (exact) mass is 214 g/mol. The SMILES string of the molecule is Cc1ccccc1C1(c2nc(N)n[nH]2)CC1. The Labute approximate surface area is 93.9 Å². The number of hydrogen-bond donors (Lipinski definition) is 2. The van der Waals surface area contributed by atoms with Gasteiger partial charge in [0.15, 0.2) is 0 Å². The first-order valence-corrected chi connectivity index (χ1v) is 5.47. The zero-order valence-electron chi connectivity index (χ0n) is 9.20. The van der Waals surface area contributed by atoms with Crippen molar-refractivity contribution < 1.29 is 0 Å². The van der Waals surface area contributed by atoms with Crippen molar-refractivity contribution in [3.8, 4) is 0 Å². The smallest absolute Gasteiger partial charge is 0.239 e. The second-order valence-electron chi connectivity index (χ2n) is 4.44. The van der Waals surface area contributed by atoms with E-state index in [-0.39, 0.29) is 5.41 Å². The lowest BCUT2D eigenvalue weighted by Gasteiger charge is -2.14. The van der Waals surface area contributed by atoms with E-state index in [0.29, 0.717) is 5.95 Å². The van der Waals surface area contributed by atoms with Gasteiger partial charge in [-0.15, -0.1) is 5.10 Å². The fourth-order valence-electron chi connectivity index (χ4n) is 2.36. The van der Waals surface area contributed by atoms with Gasteiger partial charge in [0.25, 0.3) is 0 Å². The molecule has 0 amide bonds. The van der Waals surface area contributed by atoms with Crippen LogP contribution in [0.15, 0.2) is 24.3 Å². The molecule has 0 bridgehead atoms. The lowest BCUT2D eigenvalue weighted by Crippen LogP contribution is -2.12. The summed E-state index contributed by atoms with van der Waals surface area (Å²) >= 11 is 0. The van der Waals surface area contributed by atoms with Crippen LogP contribution in [-0.2, 0) is 5.41 Å². The van der Waals surface area contributed by atoms with Gasteiger partial charge in [-0.05, 0) is 30.9 Å². The van der Waals surface area contributed by atoms with E-state index in [1.165, 1.54) is 11.1 Å². The molecular weight excluding hydrogens is 200 g/mol. The zero-order chi connectivity index (χ0) is 11.2. The standard InChI is InChI=1S/C12H14N4/c1-8-4-2-3-5-9(8)12(6-7-12)10-14-11(13)16-15-10/h2-5H,6-7H2,1H3,(H3,13,14,15,16). The number of hydrogen-bond acceptors (Lipinski definition) is 3. The Morgan fingerprint density at radius 1 is 1.31 bits per heavy atom. The predicted octanol–water partition coefficient (Wildman–Crippen LogP) is 1.78. The Bertz CT molecular complexity index is 525. The molecule has 16 heavy (non-hydrogen) atoms. The highest BCUT2D eigenvalue weighted by Crippen LogP contribution is 2.53. The molecule has 0 radical (unpaired) electrons. The fourth-order valence-corrected chi connectivity index (χ4v) is 2.36. The quantitative estimate of drug-likeness (QED) is 0.800. The van der Waals surface area contributed by atoms with Gasteiger partial charge in [-0.25, -0.2) is 0 Å². The molecule has 3 rings (SSSR count). The Hall–Kier alpha value is -1.84. The highest BCUT2D eigenvalue weighted by atomic mass is 15.3. The second-order valence-corrected chi connectivity index (χ2v) is 4.44. The summed E-state index contributed by atoms with van der Waals surface area (Å²) in [4.78, 5) is 4.27. The Balaban J connectivity index is 2.10. The van der Waals surface area contributed by atoms with Crippen molar-refractivity contribution in [3.63, 3.8) is 0 Å². The minimum absolute atomic E-state index is 0.0377. The summed E-state index contributed by atoms with van der Waals surface area (Å²) in [7, 11) is 0. The number of rotatable bonds is 2. The van der Waals surface area contributed by atoms with Crippen molar-refractivity contribution >= 4 is 5.95 Å². The van der Waals surface area contributed by atoms with Gasteiger partial charge in [-0.2, -0.15) is 4.98 Å². The third-order valence-corrected chi connectivity index (χ3v) is 3.37. The number of nitrogens with two attached hydrogens (primary N) is 1. The van der Waals surface area contributed by atoms with Crippen LogP contribution in [0.2, 0.25) is 0 Å². The molecular formula is C12H14N4. The van der Waals surface area contributed by atoms with Gasteiger partial charge in [-0.1, -0.05) is 24.3 Å². The van der Waals surface area contributed by atoms with Crippen LogP contribution in [0.3, 0.4) is 0 Å². The van der Waals surface area contributed by atoms with E-state index in [1.807, 2.05) is 0 Å². The molecule has 1 aromatic heterocycles. The summed E-state index contributed by atoms with van der Waals surface area (Å²) in [6.45, 7) is 2.13. The van der Waals surface area contributed by atoms with Crippen molar-refractivity contribution in [1.29, 1.82) is 0 Å². The first-order valence-electron chi connectivity index (χ1n) is 5.47. The summed E-state index contributed by atoms with van der Waals surface area (Å²) in [5, 5.41) is 6.87. The molecule has 0 unspecified atom stereocenters. The Morgan fingerprint density at radius 2 is 2.06 bits per heavy atom. The second kappa shape index (κ2) is 3.07. The molecule has 0 saturated heterocycles. The zero-order valence-corrected chi connectivity index (χ0v) is 9.20. The number of anilines is 1. The molecule has 1 heterocycles. The van der Waals surface area contributed by atoms with Crippen LogP contribution in [-0.4, -0.2) is 15.2 Å². The number of aryl methyl sites for hydroxylation is 1. The van der Waals surface area contributed by atoms with E-state index in [4.69, 9.17) is 5.73 Å². The fraction of sp³-hybridized carbons (Fsp3) is 0.333. The minimum Gasteiger partial charge on any atom is -0.367 e. The third kappa shape index (κ3) is 1.23. The lowest BCUT2D eigenvalue weighted by molar-refractivity contribution is 0.755. The number of aromatic amines is 1. The molecule has 0 spiro atoms. The molecule has 4 heteroatoms. The van der Waals surface area contributed by atoms with Crippen molar-refractivity contribution in [2.24, 2.45) is 0 Å². The molecule has 0 atom stereocenters. The molecule has 1 saturated carbocycles. The van der Waals surface area contributed by atoms with Gasteiger partial charge in [0, 0.05) is 0 Å². The average molecular weight is 214 g/mol. The molecule has 1 aliphatic rings.